The van der Waals surface area contributed by atoms with Gasteiger partial charge in [0.1, 0.15) is 0 Å². The van der Waals surface area contributed by atoms with Crippen molar-refractivity contribution in [3.05, 3.63) is 35.4 Å². The molecule has 1 fully saturated rings. The van der Waals surface area contributed by atoms with E-state index in [0.29, 0.717) is 0 Å². The zero-order valence-corrected chi connectivity index (χ0v) is 8.83. The molecule has 1 saturated carbocycles. The van der Waals surface area contributed by atoms with Gasteiger partial charge in [-0.2, -0.15) is 13.2 Å². The zero-order valence-electron chi connectivity index (χ0n) is 8.83. The Morgan fingerprint density at radius 3 is 2.19 bits per heavy atom. The number of aliphatic hydroxyl groups is 1. The Morgan fingerprint density at radius 2 is 1.81 bits per heavy atom. The standard InChI is InChI=1S/C12H13F3O/c1-7(16)10-6-11(10)8-2-4-9(5-3-8)12(13,14)15/h2-5,7,10-11,16H,6H2,1H3/t7-,10+,11+/m0/s1. The molecule has 1 aromatic carbocycles. The van der Waals surface area contributed by atoms with E-state index in [9.17, 15) is 18.3 Å². The van der Waals surface area contributed by atoms with Crippen molar-refractivity contribution in [2.45, 2.75) is 31.5 Å². The van der Waals surface area contributed by atoms with Gasteiger partial charge in [-0.25, -0.2) is 0 Å². The Labute approximate surface area is 91.9 Å². The van der Waals surface area contributed by atoms with E-state index in [1.165, 1.54) is 12.1 Å². The van der Waals surface area contributed by atoms with Crippen molar-refractivity contribution in [1.82, 2.24) is 0 Å². The number of benzene rings is 1. The van der Waals surface area contributed by atoms with Crippen LogP contribution in [0.5, 0.6) is 0 Å². The van der Waals surface area contributed by atoms with E-state index in [0.717, 1.165) is 24.1 Å². The van der Waals surface area contributed by atoms with Crippen molar-refractivity contribution in [1.29, 1.82) is 0 Å². The molecule has 3 atom stereocenters. The maximum absolute atomic E-state index is 12.3. The first-order valence-corrected chi connectivity index (χ1v) is 5.25. The smallest absolute Gasteiger partial charge is 0.393 e. The molecule has 0 radical (unpaired) electrons. The molecule has 0 aliphatic heterocycles. The zero-order chi connectivity index (χ0) is 11.9. The monoisotopic (exact) mass is 230 g/mol. The molecule has 88 valence electrons. The molecule has 0 aromatic heterocycles. The number of halogens is 3. The van der Waals surface area contributed by atoms with Crippen molar-refractivity contribution >= 4 is 0 Å². The van der Waals surface area contributed by atoms with Gasteiger partial charge in [0.15, 0.2) is 0 Å². The second-order valence-electron chi connectivity index (χ2n) is 4.37. The Bertz CT molecular complexity index is 367. The molecule has 4 heteroatoms. The molecule has 16 heavy (non-hydrogen) atoms. The van der Waals surface area contributed by atoms with Gasteiger partial charge in [-0.3, -0.25) is 0 Å². The third kappa shape index (κ3) is 2.21. The minimum Gasteiger partial charge on any atom is -0.393 e. The average molecular weight is 230 g/mol. The highest BCUT2D eigenvalue weighted by Gasteiger charge is 2.41. The van der Waals surface area contributed by atoms with Gasteiger partial charge in [0.25, 0.3) is 0 Å². The highest BCUT2D eigenvalue weighted by Crippen LogP contribution is 2.49. The minimum absolute atomic E-state index is 0.205. The second-order valence-corrected chi connectivity index (χ2v) is 4.37. The van der Waals surface area contributed by atoms with Crippen LogP contribution in [0.4, 0.5) is 13.2 Å². The largest absolute Gasteiger partial charge is 0.416 e. The number of hydrogen-bond donors (Lipinski definition) is 1. The third-order valence-corrected chi connectivity index (χ3v) is 3.13. The van der Waals surface area contributed by atoms with Crippen LogP contribution in [0, 0.1) is 5.92 Å². The maximum Gasteiger partial charge on any atom is 0.416 e. The molecule has 1 nitrogen and oxygen atoms in total. The van der Waals surface area contributed by atoms with E-state index < -0.39 is 11.7 Å². The van der Waals surface area contributed by atoms with Crippen LogP contribution in [-0.2, 0) is 6.18 Å². The van der Waals surface area contributed by atoms with Crippen LogP contribution in [-0.4, -0.2) is 11.2 Å². The Kier molecular flexibility index (Phi) is 2.70. The topological polar surface area (TPSA) is 20.2 Å². The quantitative estimate of drug-likeness (QED) is 0.827. The first-order valence-electron chi connectivity index (χ1n) is 5.25. The molecule has 1 aliphatic rings. The van der Waals surface area contributed by atoms with Crippen LogP contribution in [0.1, 0.15) is 30.4 Å². The van der Waals surface area contributed by atoms with E-state index in [-0.39, 0.29) is 17.9 Å². The van der Waals surface area contributed by atoms with E-state index in [2.05, 4.69) is 0 Å². The van der Waals surface area contributed by atoms with Crippen molar-refractivity contribution in [3.63, 3.8) is 0 Å². The summed E-state index contributed by atoms with van der Waals surface area (Å²) in [5.41, 5.74) is 0.268. The van der Waals surface area contributed by atoms with Crippen molar-refractivity contribution in [2.75, 3.05) is 0 Å². The fraction of sp³-hybridized carbons (Fsp3) is 0.500. The summed E-state index contributed by atoms with van der Waals surface area (Å²) in [5, 5.41) is 9.33. The lowest BCUT2D eigenvalue weighted by Crippen LogP contribution is -2.05. The van der Waals surface area contributed by atoms with Crippen molar-refractivity contribution in [2.24, 2.45) is 5.92 Å². The average Bonchev–Trinajstić information content (AvgIpc) is 2.96. The Hall–Kier alpha value is -1.03. The fourth-order valence-corrected chi connectivity index (χ4v) is 2.05. The van der Waals surface area contributed by atoms with Gasteiger partial charge in [0.2, 0.25) is 0 Å². The SMILES string of the molecule is C[C@H](O)[C@H]1C[C@@H]1c1ccc(C(F)(F)F)cc1. The van der Waals surface area contributed by atoms with E-state index >= 15 is 0 Å². The van der Waals surface area contributed by atoms with Gasteiger partial charge < -0.3 is 5.11 Å². The van der Waals surface area contributed by atoms with Crippen LogP contribution in [0.15, 0.2) is 24.3 Å². The van der Waals surface area contributed by atoms with Crippen molar-refractivity contribution in [3.8, 4) is 0 Å². The van der Waals surface area contributed by atoms with E-state index in [1.807, 2.05) is 0 Å². The third-order valence-electron chi connectivity index (χ3n) is 3.13. The molecule has 1 N–H and O–H groups in total. The molecular formula is C12H13F3O. The molecule has 1 aliphatic carbocycles. The Balaban J connectivity index is 2.10. The molecule has 0 spiro atoms. The predicted octanol–water partition coefficient (Wildman–Crippen LogP) is 3.19. The van der Waals surface area contributed by atoms with Crippen molar-refractivity contribution < 1.29 is 18.3 Å². The summed E-state index contributed by atoms with van der Waals surface area (Å²) in [6.45, 7) is 1.72. The first kappa shape index (κ1) is 11.5. The molecule has 0 bridgehead atoms. The molecule has 0 amide bonds. The van der Waals surface area contributed by atoms with Crippen LogP contribution in [0.25, 0.3) is 0 Å². The molecule has 2 rings (SSSR count). The lowest BCUT2D eigenvalue weighted by Gasteiger charge is -2.08. The molecule has 0 heterocycles. The molecule has 0 saturated heterocycles. The van der Waals surface area contributed by atoms with E-state index in [1.54, 1.807) is 6.92 Å². The number of rotatable bonds is 2. The highest BCUT2D eigenvalue weighted by molar-refractivity contribution is 5.31. The number of hydrogen-bond acceptors (Lipinski definition) is 1. The summed E-state index contributed by atoms with van der Waals surface area (Å²) in [4.78, 5) is 0. The lowest BCUT2D eigenvalue weighted by molar-refractivity contribution is -0.137. The number of alkyl halides is 3. The summed E-state index contributed by atoms with van der Waals surface area (Å²) in [5.74, 6) is 0.430. The van der Waals surface area contributed by atoms with Crippen LogP contribution >= 0.6 is 0 Å². The lowest BCUT2D eigenvalue weighted by atomic mass is 10.1. The predicted molar refractivity (Wildman–Crippen MR) is 54.0 cm³/mol. The molecule has 1 aromatic rings. The Morgan fingerprint density at radius 1 is 1.25 bits per heavy atom. The van der Waals surface area contributed by atoms with E-state index in [4.69, 9.17) is 0 Å². The highest BCUT2D eigenvalue weighted by atomic mass is 19.4. The van der Waals surface area contributed by atoms with Gasteiger partial charge in [0.05, 0.1) is 11.7 Å². The fourth-order valence-electron chi connectivity index (χ4n) is 2.05. The molecule has 0 unspecified atom stereocenters. The normalized spacial score (nSPS) is 26.6. The van der Waals surface area contributed by atoms with Gasteiger partial charge in [0, 0.05) is 0 Å². The van der Waals surface area contributed by atoms with Gasteiger partial charge >= 0.3 is 6.18 Å². The second kappa shape index (κ2) is 3.77. The maximum atomic E-state index is 12.3. The first-order chi connectivity index (χ1) is 7.39. The summed E-state index contributed by atoms with van der Waals surface area (Å²) < 4.78 is 36.9. The minimum atomic E-state index is -4.27. The summed E-state index contributed by atoms with van der Waals surface area (Å²) in [6.07, 6.45) is -3.79. The van der Waals surface area contributed by atoms with Gasteiger partial charge in [-0.15, -0.1) is 0 Å². The van der Waals surface area contributed by atoms with Crippen LogP contribution in [0.2, 0.25) is 0 Å². The number of aliphatic hydroxyl groups excluding tert-OH is 1. The summed E-state index contributed by atoms with van der Waals surface area (Å²) in [6, 6.07) is 5.23. The van der Waals surface area contributed by atoms with Gasteiger partial charge in [-0.05, 0) is 42.9 Å². The van der Waals surface area contributed by atoms with Gasteiger partial charge in [-0.1, -0.05) is 12.1 Å². The molecular weight excluding hydrogens is 217 g/mol. The summed E-state index contributed by atoms with van der Waals surface area (Å²) >= 11 is 0. The summed E-state index contributed by atoms with van der Waals surface area (Å²) in [7, 11) is 0. The van der Waals surface area contributed by atoms with Crippen LogP contribution in [0.3, 0.4) is 0 Å². The van der Waals surface area contributed by atoms with Crippen LogP contribution < -0.4 is 0 Å².